The third-order valence-corrected chi connectivity index (χ3v) is 4.78. The zero-order valence-electron chi connectivity index (χ0n) is 10.2. The molecule has 0 spiro atoms. The van der Waals surface area contributed by atoms with Crippen LogP contribution in [-0.4, -0.2) is 44.9 Å². The monoisotopic (exact) mass is 292 g/mol. The van der Waals surface area contributed by atoms with Gasteiger partial charge in [0, 0.05) is 19.6 Å². The van der Waals surface area contributed by atoms with Crippen molar-refractivity contribution in [1.29, 1.82) is 0 Å². The largest absolute Gasteiger partial charge is 0.509 e. The standard InChI is InChI=1S/C11H14BF3NO2S/c13-12(14,15)11-3-1-2-10(8-11)9-16-4-6-19(17,18)7-5-16/h1-3,8H,4-7,9H2/q-1. The van der Waals surface area contributed by atoms with E-state index in [0.29, 0.717) is 25.2 Å². The average molecular weight is 292 g/mol. The van der Waals surface area contributed by atoms with Gasteiger partial charge in [-0.05, 0) is 5.56 Å². The molecule has 1 aliphatic rings. The van der Waals surface area contributed by atoms with Gasteiger partial charge in [-0.25, -0.2) is 8.42 Å². The Hall–Kier alpha value is -1.02. The van der Waals surface area contributed by atoms with Crippen LogP contribution in [0.1, 0.15) is 5.56 Å². The van der Waals surface area contributed by atoms with E-state index < -0.39 is 22.3 Å². The molecule has 0 N–H and O–H groups in total. The smallest absolute Gasteiger partial charge is 0.445 e. The Balaban J connectivity index is 2.04. The van der Waals surface area contributed by atoms with Crippen LogP contribution >= 0.6 is 0 Å². The Labute approximate surface area is 110 Å². The molecule has 0 atom stereocenters. The van der Waals surface area contributed by atoms with E-state index >= 15 is 0 Å². The molecule has 19 heavy (non-hydrogen) atoms. The van der Waals surface area contributed by atoms with Crippen LogP contribution in [0.15, 0.2) is 24.3 Å². The third kappa shape index (κ3) is 3.97. The lowest BCUT2D eigenvalue weighted by atomic mass is 9.79. The van der Waals surface area contributed by atoms with Crippen LogP contribution < -0.4 is 5.46 Å². The summed E-state index contributed by atoms with van der Waals surface area (Å²) in [5.74, 6) is 0.159. The highest BCUT2D eigenvalue weighted by molar-refractivity contribution is 7.91. The molecule has 0 amide bonds. The Kier molecular flexibility index (Phi) is 3.91. The summed E-state index contributed by atoms with van der Waals surface area (Å²) in [5.41, 5.74) is -0.0434. The van der Waals surface area contributed by atoms with Crippen molar-refractivity contribution in [3.63, 3.8) is 0 Å². The van der Waals surface area contributed by atoms with Gasteiger partial charge in [0.2, 0.25) is 0 Å². The normalized spacial score (nSPS) is 20.4. The van der Waals surface area contributed by atoms with E-state index in [0.717, 1.165) is 12.1 Å². The maximum atomic E-state index is 12.6. The third-order valence-electron chi connectivity index (χ3n) is 3.17. The maximum absolute atomic E-state index is 12.6. The molecule has 0 aliphatic carbocycles. The number of hydrogen-bond donors (Lipinski definition) is 0. The first-order valence-electron chi connectivity index (χ1n) is 5.98. The first kappa shape index (κ1) is 14.4. The second kappa shape index (κ2) is 5.17. The van der Waals surface area contributed by atoms with E-state index in [9.17, 15) is 21.4 Å². The molecule has 8 heteroatoms. The van der Waals surface area contributed by atoms with E-state index in [-0.39, 0.29) is 11.5 Å². The number of sulfone groups is 1. The van der Waals surface area contributed by atoms with Crippen molar-refractivity contribution in [3.8, 4) is 0 Å². The van der Waals surface area contributed by atoms with Gasteiger partial charge in [0.1, 0.15) is 0 Å². The number of halogens is 3. The molecular formula is C11H14BF3NO2S-. The lowest BCUT2D eigenvalue weighted by Gasteiger charge is -2.27. The minimum Gasteiger partial charge on any atom is -0.445 e. The number of hydrogen-bond acceptors (Lipinski definition) is 3. The Morgan fingerprint density at radius 2 is 1.79 bits per heavy atom. The highest BCUT2D eigenvalue weighted by atomic mass is 32.2. The fourth-order valence-corrected chi connectivity index (χ4v) is 3.34. The van der Waals surface area contributed by atoms with Crippen molar-refractivity contribution < 1.29 is 21.4 Å². The zero-order valence-corrected chi connectivity index (χ0v) is 11.0. The molecule has 1 saturated heterocycles. The van der Waals surface area contributed by atoms with E-state index in [1.165, 1.54) is 6.07 Å². The first-order valence-corrected chi connectivity index (χ1v) is 7.80. The van der Waals surface area contributed by atoms with Gasteiger partial charge in [0.05, 0.1) is 11.5 Å². The average Bonchev–Trinajstić information content (AvgIpc) is 2.31. The summed E-state index contributed by atoms with van der Waals surface area (Å²) in [7, 11) is -2.96. The van der Waals surface area contributed by atoms with E-state index in [1.54, 1.807) is 6.07 Å². The first-order chi connectivity index (χ1) is 8.76. The second-order valence-corrected chi connectivity index (χ2v) is 7.05. The maximum Gasteiger partial charge on any atom is 0.509 e. The lowest BCUT2D eigenvalue weighted by Crippen LogP contribution is -2.40. The van der Waals surface area contributed by atoms with Gasteiger partial charge >= 0.3 is 6.98 Å². The molecule has 0 aromatic heterocycles. The molecule has 0 bridgehead atoms. The van der Waals surface area contributed by atoms with Crippen LogP contribution in [0.3, 0.4) is 0 Å². The molecule has 2 rings (SSSR count). The highest BCUT2D eigenvalue weighted by Crippen LogP contribution is 2.13. The molecule has 1 aromatic rings. The summed E-state index contributed by atoms with van der Waals surface area (Å²) in [6.45, 7) is -3.87. The fraction of sp³-hybridized carbons (Fsp3) is 0.455. The molecule has 106 valence electrons. The predicted molar refractivity (Wildman–Crippen MR) is 69.1 cm³/mol. The SMILES string of the molecule is O=S1(=O)CCN(Cc2cccc([B-](F)(F)F)c2)CC1. The summed E-state index contributed by atoms with van der Waals surface area (Å²) in [5, 5.41) is 0. The van der Waals surface area contributed by atoms with Gasteiger partial charge in [-0.15, -0.1) is 5.46 Å². The molecule has 0 radical (unpaired) electrons. The Morgan fingerprint density at radius 1 is 1.16 bits per heavy atom. The van der Waals surface area contributed by atoms with Crippen molar-refractivity contribution in [2.24, 2.45) is 0 Å². The molecule has 1 aliphatic heterocycles. The summed E-state index contributed by atoms with van der Waals surface area (Å²) in [4.78, 5) is 1.86. The lowest BCUT2D eigenvalue weighted by molar-refractivity contribution is 0.287. The van der Waals surface area contributed by atoms with Crippen molar-refractivity contribution in [3.05, 3.63) is 29.8 Å². The van der Waals surface area contributed by atoms with Gasteiger partial charge in [-0.2, -0.15) is 0 Å². The van der Waals surface area contributed by atoms with Crippen LogP contribution in [0.25, 0.3) is 0 Å². The van der Waals surface area contributed by atoms with E-state index in [2.05, 4.69) is 0 Å². The molecule has 1 aromatic carbocycles. The van der Waals surface area contributed by atoms with Gasteiger partial charge in [0.15, 0.2) is 9.84 Å². The Bertz CT molecular complexity index is 545. The van der Waals surface area contributed by atoms with E-state index in [4.69, 9.17) is 0 Å². The van der Waals surface area contributed by atoms with Crippen LogP contribution in [0.2, 0.25) is 0 Å². The minimum atomic E-state index is -4.99. The van der Waals surface area contributed by atoms with Crippen molar-refractivity contribution in [2.75, 3.05) is 24.6 Å². The minimum absolute atomic E-state index is 0.0793. The number of rotatable bonds is 3. The summed E-state index contributed by atoms with van der Waals surface area (Å²) < 4.78 is 60.4. The second-order valence-electron chi connectivity index (χ2n) is 4.75. The molecule has 3 nitrogen and oxygen atoms in total. The van der Waals surface area contributed by atoms with Crippen molar-refractivity contribution >= 4 is 22.3 Å². The van der Waals surface area contributed by atoms with Gasteiger partial charge in [0.25, 0.3) is 0 Å². The summed E-state index contributed by atoms with van der Waals surface area (Å²) >= 11 is 0. The predicted octanol–water partition coefficient (Wildman–Crippen LogP) is 0.971. The van der Waals surface area contributed by atoms with Gasteiger partial charge in [-0.3, -0.25) is 4.90 Å². The highest BCUT2D eigenvalue weighted by Gasteiger charge is 2.26. The fourth-order valence-electron chi connectivity index (χ4n) is 2.06. The molecule has 1 fully saturated rings. The summed E-state index contributed by atoms with van der Waals surface area (Å²) in [6.07, 6.45) is 0. The molecule has 1 heterocycles. The zero-order chi connectivity index (χ0) is 14.1. The summed E-state index contributed by atoms with van der Waals surface area (Å²) in [6, 6.07) is 5.22. The molecular weight excluding hydrogens is 278 g/mol. The van der Waals surface area contributed by atoms with Crippen molar-refractivity contribution in [2.45, 2.75) is 6.54 Å². The van der Waals surface area contributed by atoms with E-state index in [1.807, 2.05) is 4.90 Å². The number of nitrogens with zero attached hydrogens (tertiary/aromatic N) is 1. The van der Waals surface area contributed by atoms with Gasteiger partial charge < -0.3 is 12.9 Å². The topological polar surface area (TPSA) is 37.4 Å². The van der Waals surface area contributed by atoms with Gasteiger partial charge in [-0.1, -0.05) is 24.3 Å². The van der Waals surface area contributed by atoms with Crippen LogP contribution in [0.5, 0.6) is 0 Å². The quantitative estimate of drug-likeness (QED) is 0.779. The Morgan fingerprint density at radius 3 is 2.37 bits per heavy atom. The molecule has 0 saturated carbocycles. The van der Waals surface area contributed by atoms with Crippen LogP contribution in [0, 0.1) is 0 Å². The van der Waals surface area contributed by atoms with Crippen LogP contribution in [0.4, 0.5) is 12.9 Å². The molecule has 0 unspecified atom stereocenters. The van der Waals surface area contributed by atoms with Crippen LogP contribution in [-0.2, 0) is 16.4 Å². The number of benzene rings is 1. The van der Waals surface area contributed by atoms with Crippen molar-refractivity contribution in [1.82, 2.24) is 4.90 Å².